The van der Waals surface area contributed by atoms with Crippen LogP contribution in [0.1, 0.15) is 45.7 Å². The van der Waals surface area contributed by atoms with E-state index in [-0.39, 0.29) is 29.7 Å². The van der Waals surface area contributed by atoms with Gasteiger partial charge in [0.05, 0.1) is 73.9 Å². The van der Waals surface area contributed by atoms with E-state index in [2.05, 4.69) is 59.0 Å². The van der Waals surface area contributed by atoms with Crippen molar-refractivity contribution in [1.82, 2.24) is 38.4 Å². The Labute approximate surface area is 431 Å². The number of imidazole rings is 2. The molecule has 0 amide bonds. The van der Waals surface area contributed by atoms with Crippen molar-refractivity contribution in [2.24, 2.45) is 10.9 Å². The summed E-state index contributed by atoms with van der Waals surface area (Å²) in [4.78, 5) is 22.0. The van der Waals surface area contributed by atoms with Gasteiger partial charge in [-0.1, -0.05) is 36.4 Å². The lowest BCUT2D eigenvalue weighted by Crippen LogP contribution is -2.31. The van der Waals surface area contributed by atoms with Crippen molar-refractivity contribution in [1.29, 1.82) is 0 Å². The third-order valence-electron chi connectivity index (χ3n) is 11.2. The number of ether oxygens (including phenoxy) is 2. The van der Waals surface area contributed by atoms with Gasteiger partial charge >= 0.3 is 5.20 Å². The number of hydrogen-bond acceptors (Lipinski definition) is 11. The Morgan fingerprint density at radius 3 is 1.79 bits per heavy atom. The Bertz CT molecular complexity index is 3390. The quantitative estimate of drug-likeness (QED) is 0.0370. The van der Waals surface area contributed by atoms with Crippen molar-refractivity contribution in [2.75, 3.05) is 26.7 Å². The number of nitrogens with two attached hydrogens (primary N) is 1. The largest absolute Gasteiger partial charge is 0.495 e. The second-order valence-electron chi connectivity index (χ2n) is 15.8. The summed E-state index contributed by atoms with van der Waals surface area (Å²) in [6.45, 7) is 3.48. The van der Waals surface area contributed by atoms with Crippen LogP contribution in [-0.2, 0) is 4.57 Å². The zero-order valence-electron chi connectivity index (χ0n) is 38.8. The third kappa shape index (κ3) is 12.4. The minimum Gasteiger partial charge on any atom is -0.495 e. The first-order valence-corrected chi connectivity index (χ1v) is 26.6. The van der Waals surface area contributed by atoms with Crippen molar-refractivity contribution in [3.05, 3.63) is 202 Å². The van der Waals surface area contributed by atoms with Gasteiger partial charge in [0, 0.05) is 47.4 Å². The molecule has 4 aromatic carbocycles. The van der Waals surface area contributed by atoms with E-state index in [4.69, 9.17) is 26.9 Å². The van der Waals surface area contributed by atoms with Gasteiger partial charge in [-0.2, -0.15) is 5.10 Å². The summed E-state index contributed by atoms with van der Waals surface area (Å²) in [5.74, 6) is 7.31. The molecule has 9 rings (SSSR count). The molecule has 372 valence electrons. The van der Waals surface area contributed by atoms with Crippen molar-refractivity contribution in [2.45, 2.75) is 25.9 Å². The fraction of sp³-hybridized carbons (Fsp3) is 0.160. The molecule has 0 spiro atoms. The number of hydrogen-bond donors (Lipinski definition) is 2. The average Bonchev–Trinajstić information content (AvgIpc) is 4.14. The fourth-order valence-electron chi connectivity index (χ4n) is 7.89. The zero-order chi connectivity index (χ0) is 51.7. The van der Waals surface area contributed by atoms with Gasteiger partial charge in [-0.25, -0.2) is 18.7 Å². The minimum atomic E-state index is -3.22. The zero-order valence-corrected chi connectivity index (χ0v) is 42.7. The highest BCUT2D eigenvalue weighted by Crippen LogP contribution is 2.61. The van der Waals surface area contributed by atoms with Gasteiger partial charge in [0.25, 0.3) is 5.56 Å². The number of fused-ring (bicyclic) bond motifs is 1. The van der Waals surface area contributed by atoms with Crippen molar-refractivity contribution in [3.63, 3.8) is 0 Å². The van der Waals surface area contributed by atoms with Crippen molar-refractivity contribution >= 4 is 56.2 Å². The van der Waals surface area contributed by atoms with E-state index in [1.54, 1.807) is 69.5 Å². The number of nitrogens with zero attached hydrogens (tertiary/aromatic N) is 9. The Hall–Kier alpha value is -6.85. The van der Waals surface area contributed by atoms with E-state index < -0.39 is 22.6 Å². The predicted octanol–water partition coefficient (Wildman–Crippen LogP) is 11.1. The SMILES string of the molecule is COc1cc(-c2nnc3n(C(CCl)c4ccc(F)cc4)cccc2-3)ccc1-n1cnc(C)c1.COc1cc(/C(=N\N)c2cccn(C(CO)c3ccc(F)cc3)c2=O)ccc1-n1cnc(C)c1.O=P(Cl)(Cl)Cl. The molecule has 0 radical (unpaired) electrons. The molecule has 7 aromatic rings. The molecule has 0 fully saturated rings. The molecule has 2 aliphatic rings. The van der Waals surface area contributed by atoms with Crippen LogP contribution in [0.3, 0.4) is 0 Å². The smallest absolute Gasteiger partial charge is 0.339 e. The number of aryl methyl sites for hydroxylation is 2. The first-order chi connectivity index (χ1) is 34.5. The summed E-state index contributed by atoms with van der Waals surface area (Å²) >= 11 is 20.2. The molecular formula is C50H45Cl4F2N10O5P. The van der Waals surface area contributed by atoms with Crippen LogP contribution >= 0.6 is 50.5 Å². The predicted molar refractivity (Wildman–Crippen MR) is 278 cm³/mol. The molecule has 2 atom stereocenters. The Morgan fingerprint density at radius 1 is 0.750 bits per heavy atom. The third-order valence-corrected chi connectivity index (χ3v) is 11.5. The molecule has 2 aliphatic heterocycles. The van der Waals surface area contributed by atoms with Crippen LogP contribution < -0.4 is 20.9 Å². The second kappa shape index (κ2) is 23.6. The molecule has 22 heteroatoms. The molecule has 3 N–H and O–H groups in total. The minimum absolute atomic E-state index is 0.207. The number of halogens is 6. The van der Waals surface area contributed by atoms with Crippen molar-refractivity contribution in [3.8, 4) is 45.5 Å². The van der Waals surface area contributed by atoms with Crippen molar-refractivity contribution < 1.29 is 27.9 Å². The van der Waals surface area contributed by atoms with E-state index in [1.165, 1.54) is 41.0 Å². The maximum Gasteiger partial charge on any atom is 0.339 e. The fourth-order valence-corrected chi connectivity index (χ4v) is 8.21. The highest BCUT2D eigenvalue weighted by Gasteiger charge is 2.24. The number of hydrazone groups is 1. The van der Waals surface area contributed by atoms with E-state index in [1.807, 2.05) is 82.5 Å². The summed E-state index contributed by atoms with van der Waals surface area (Å²) in [7, 11) is 3.19. The van der Waals surface area contributed by atoms with E-state index in [0.717, 1.165) is 45.1 Å². The Balaban J connectivity index is 0.000000193. The first-order valence-electron chi connectivity index (χ1n) is 21.6. The van der Waals surface area contributed by atoms with Gasteiger partial charge in [0.15, 0.2) is 5.82 Å². The highest BCUT2D eigenvalue weighted by molar-refractivity contribution is 8.24. The number of pyridine rings is 2. The lowest BCUT2D eigenvalue weighted by atomic mass is 10.0. The normalized spacial score (nSPS) is 12.3. The van der Waals surface area contributed by atoms with Crippen LogP contribution in [0.25, 0.3) is 34.0 Å². The topological polar surface area (TPSA) is 182 Å². The van der Waals surface area contributed by atoms with Gasteiger partial charge in [-0.05, 0) is 131 Å². The number of aliphatic hydroxyl groups is 1. The van der Waals surface area contributed by atoms with Gasteiger partial charge < -0.3 is 38.7 Å². The molecule has 2 unspecified atom stereocenters. The van der Waals surface area contributed by atoms with Gasteiger partial charge in [0.2, 0.25) is 0 Å². The number of methoxy groups -OCH3 is 2. The lowest BCUT2D eigenvalue weighted by Gasteiger charge is -2.21. The molecule has 5 heterocycles. The first kappa shape index (κ1) is 53.0. The summed E-state index contributed by atoms with van der Waals surface area (Å²) in [5, 5.41) is 19.6. The van der Waals surface area contributed by atoms with Crippen LogP contribution in [0.4, 0.5) is 8.78 Å². The number of rotatable bonds is 13. The molecule has 0 bridgehead atoms. The number of aliphatic hydroxyl groups excluding tert-OH is 1. The summed E-state index contributed by atoms with van der Waals surface area (Å²) in [6.07, 6.45) is 10.7. The summed E-state index contributed by atoms with van der Waals surface area (Å²) in [5.41, 5.74) is 8.16. The van der Waals surface area contributed by atoms with Crippen LogP contribution in [-0.4, -0.2) is 76.0 Å². The van der Waals surface area contributed by atoms with Crippen LogP contribution in [0.15, 0.2) is 157 Å². The molecule has 15 nitrogen and oxygen atoms in total. The van der Waals surface area contributed by atoms with Crippen LogP contribution in [0.2, 0.25) is 0 Å². The number of benzene rings is 4. The summed E-state index contributed by atoms with van der Waals surface area (Å²) in [6, 6.07) is 29.6. The summed E-state index contributed by atoms with van der Waals surface area (Å²) < 4.78 is 54.6. The Morgan fingerprint density at radius 2 is 1.28 bits per heavy atom. The highest BCUT2D eigenvalue weighted by atomic mass is 36.0. The number of aromatic nitrogens is 8. The lowest BCUT2D eigenvalue weighted by molar-refractivity contribution is 0.247. The maximum atomic E-state index is 13.4. The Kier molecular flexibility index (Phi) is 17.3. The number of alkyl halides is 1. The van der Waals surface area contributed by atoms with Gasteiger partial charge in [-0.15, -0.1) is 21.8 Å². The van der Waals surface area contributed by atoms with E-state index >= 15 is 0 Å². The van der Waals surface area contributed by atoms with Crippen LogP contribution in [0.5, 0.6) is 11.5 Å². The van der Waals surface area contributed by atoms with Gasteiger partial charge in [0.1, 0.15) is 34.5 Å². The van der Waals surface area contributed by atoms with E-state index in [0.29, 0.717) is 34.3 Å². The van der Waals surface area contributed by atoms with Gasteiger partial charge in [-0.3, -0.25) is 9.36 Å². The monoisotopic (exact) mass is 1070 g/mol. The average molecular weight is 1080 g/mol. The molecule has 0 saturated heterocycles. The molecule has 0 saturated carbocycles. The maximum absolute atomic E-state index is 13.4. The van der Waals surface area contributed by atoms with Crippen LogP contribution in [0, 0.1) is 25.5 Å². The molecule has 3 aromatic heterocycles. The standard InChI is InChI=1S/C25H21ClFN5O.C25H24FN5O3.Cl3OP/c1-16-14-31(15-28-16)21-10-7-18(12-23(21)33-2)24-20-4-3-11-32(25(20)30-29-24)22(13-26)17-5-8-19(27)9-6-17;1-16-13-30(15-28-16)21-10-7-18(12-23(21)34-2)24(29-27)20-4-3-11-31(25(20)33)22(14-32)17-5-8-19(26)9-6-17;1-5(2,3)4/h3-12,14-15,22H,13H2,1-2H3;3-13,15,22,32H,14,27H2,1-2H3;/b;29-24+;. The van der Waals surface area contributed by atoms with E-state index in [9.17, 15) is 23.2 Å². The molecular weight excluding hydrogens is 1030 g/mol. The molecule has 0 aliphatic carbocycles. The second-order valence-corrected chi connectivity index (χ2v) is 22.7. The molecule has 72 heavy (non-hydrogen) atoms.